The van der Waals surface area contributed by atoms with E-state index >= 15 is 0 Å². The van der Waals surface area contributed by atoms with Crippen molar-refractivity contribution in [1.29, 1.82) is 0 Å². The number of sulfonamides is 2. The number of alkyl halides is 5. The minimum Gasteiger partial charge on any atom is -0.415 e. The Hall–Kier alpha value is -6.68. The number of hydrogen-bond acceptors (Lipinski definition) is 15. The van der Waals surface area contributed by atoms with E-state index in [1.165, 1.54) is 30.3 Å². The van der Waals surface area contributed by atoms with Crippen LogP contribution in [0.5, 0.6) is 0 Å². The molecule has 0 saturated heterocycles. The van der Waals surface area contributed by atoms with Crippen molar-refractivity contribution in [3.63, 3.8) is 0 Å². The van der Waals surface area contributed by atoms with Gasteiger partial charge in [0.05, 0.1) is 19.1 Å². The normalized spacial score (nSPS) is 11.6. The molecule has 27 heteroatoms. The molecule has 372 valence electrons. The zero-order chi connectivity index (χ0) is 51.3. The zero-order valence-corrected chi connectivity index (χ0v) is 40.3. The minimum atomic E-state index is -3.75. The number of benzene rings is 4. The smallest absolute Gasteiger partial charge is 0.315 e. The maximum atomic E-state index is 14.7. The fourth-order valence-electron chi connectivity index (χ4n) is 5.69. The van der Waals surface area contributed by atoms with Gasteiger partial charge in [0.2, 0.25) is 49.4 Å². The number of nitrogens with one attached hydrogen (secondary N) is 2. The van der Waals surface area contributed by atoms with Gasteiger partial charge >= 0.3 is 12.9 Å². The first-order valence-electron chi connectivity index (χ1n) is 20.0. The number of carbonyl (C=O) groups excluding carboxylic acids is 2. The number of aromatic nitrogens is 6. The molecule has 7 aromatic rings. The van der Waals surface area contributed by atoms with Gasteiger partial charge in [0, 0.05) is 66.6 Å². The number of nitrogens with zero attached hydrogens (tertiary/aromatic N) is 7. The van der Waals surface area contributed by atoms with Crippen molar-refractivity contribution in [2.75, 3.05) is 19.1 Å². The molecule has 18 nitrogen and oxygen atoms in total. The summed E-state index contributed by atoms with van der Waals surface area (Å²) in [5.41, 5.74) is 3.57. The second-order valence-electron chi connectivity index (χ2n) is 14.7. The lowest BCUT2D eigenvalue weighted by molar-refractivity contribution is -0.131. The van der Waals surface area contributed by atoms with E-state index in [0.717, 1.165) is 34.0 Å². The zero-order valence-electron chi connectivity index (χ0n) is 37.0. The van der Waals surface area contributed by atoms with Crippen molar-refractivity contribution in [3.8, 4) is 34.2 Å². The second kappa shape index (κ2) is 24.2. The Morgan fingerprint density at radius 3 is 1.71 bits per heavy atom. The summed E-state index contributed by atoms with van der Waals surface area (Å²) in [4.78, 5) is 31.2. The van der Waals surface area contributed by atoms with Crippen molar-refractivity contribution >= 4 is 47.7 Å². The lowest BCUT2D eigenvalue weighted by atomic mass is 10.1. The Kier molecular flexibility index (Phi) is 18.8. The van der Waals surface area contributed by atoms with Gasteiger partial charge in [-0.1, -0.05) is 93.0 Å². The number of amides is 1. The van der Waals surface area contributed by atoms with E-state index in [4.69, 9.17) is 13.5 Å². The van der Waals surface area contributed by atoms with Crippen LogP contribution in [0.25, 0.3) is 34.2 Å². The van der Waals surface area contributed by atoms with Crippen LogP contribution in [-0.2, 0) is 49.8 Å². The van der Waals surface area contributed by atoms with E-state index in [1.54, 1.807) is 43.4 Å². The lowest BCUT2D eigenvalue weighted by Gasteiger charge is -2.21. The van der Waals surface area contributed by atoms with E-state index in [1.807, 2.05) is 24.3 Å². The average molecular weight is 1080 g/mol. The highest BCUT2D eigenvalue weighted by atomic mass is 79.9. The molecule has 0 radical (unpaired) electrons. The molecule has 3 aromatic heterocycles. The summed E-state index contributed by atoms with van der Waals surface area (Å²) < 4.78 is 142. The molecule has 0 aliphatic rings. The Labute approximate surface area is 404 Å². The predicted molar refractivity (Wildman–Crippen MR) is 242 cm³/mol. The van der Waals surface area contributed by atoms with Gasteiger partial charge in [-0.15, -0.1) is 10.2 Å². The molecule has 70 heavy (non-hydrogen) atoms. The molecule has 7 rings (SSSR count). The van der Waals surface area contributed by atoms with Crippen LogP contribution in [0.4, 0.5) is 26.3 Å². The molecule has 0 saturated carbocycles. The summed E-state index contributed by atoms with van der Waals surface area (Å²) in [5.74, 6) is -2.78. The van der Waals surface area contributed by atoms with Crippen molar-refractivity contribution in [2.24, 2.45) is 0 Å². The summed E-state index contributed by atoms with van der Waals surface area (Å²) in [6.45, 7) is 2.56. The minimum absolute atomic E-state index is 0.00230. The van der Waals surface area contributed by atoms with Gasteiger partial charge in [0.15, 0.2) is 5.78 Å². The Balaban J connectivity index is 0.000000217. The molecule has 0 fully saturated rings. The highest BCUT2D eigenvalue weighted by molar-refractivity contribution is 9.08. The van der Waals surface area contributed by atoms with E-state index in [-0.39, 0.29) is 42.2 Å². The van der Waals surface area contributed by atoms with Crippen LogP contribution in [0.3, 0.4) is 0 Å². The van der Waals surface area contributed by atoms with E-state index in [2.05, 4.69) is 51.1 Å². The number of rotatable bonds is 17. The van der Waals surface area contributed by atoms with Gasteiger partial charge in [-0.3, -0.25) is 9.59 Å². The molecule has 0 aliphatic carbocycles. The highest BCUT2D eigenvalue weighted by Gasteiger charge is 2.22. The molecule has 0 atom stereocenters. The predicted octanol–water partition coefficient (Wildman–Crippen LogP) is 7.51. The van der Waals surface area contributed by atoms with E-state index in [0.29, 0.717) is 45.5 Å². The van der Waals surface area contributed by atoms with Crippen LogP contribution in [0.15, 0.2) is 98.4 Å². The SMILES string of the molecule is Cc1nc(-c2ccc(CN(Cc3ccc(C(=O)CNC(=O)C(F)F)cc3F)S(C)(=O)=O)cc2)no1.Cc1nc(-c2ccc(CNS(C)(=O)=O)cc2)no1.Fc1cc(-c2nnc(C(F)F)o2)ccc1CBr. The van der Waals surface area contributed by atoms with Crippen LogP contribution in [-0.4, -0.2) is 88.8 Å². The van der Waals surface area contributed by atoms with Crippen molar-refractivity contribution in [3.05, 3.63) is 142 Å². The first-order valence-corrected chi connectivity index (χ1v) is 24.9. The van der Waals surface area contributed by atoms with E-state index in [9.17, 15) is 52.8 Å². The molecule has 3 heterocycles. The number of hydrogen-bond donors (Lipinski definition) is 2. The summed E-state index contributed by atoms with van der Waals surface area (Å²) in [7, 11) is -6.92. The molecule has 0 spiro atoms. The second-order valence-corrected chi connectivity index (χ2v) is 19.1. The molecule has 4 aromatic carbocycles. The maximum Gasteiger partial charge on any atom is 0.315 e. The topological polar surface area (TPSA) is 246 Å². The molecule has 0 aliphatic heterocycles. The molecule has 1 amide bonds. The first-order chi connectivity index (χ1) is 33.0. The molecule has 0 bridgehead atoms. The van der Waals surface area contributed by atoms with E-state index < -0.39 is 68.7 Å². The van der Waals surface area contributed by atoms with Crippen LogP contribution < -0.4 is 10.0 Å². The van der Waals surface area contributed by atoms with Gasteiger partial charge in [0.25, 0.3) is 11.8 Å². The molecule has 0 unspecified atom stereocenters. The average Bonchev–Trinajstić information content (AvgIpc) is 4.10. The fraction of sp³-hybridized carbons (Fsp3) is 0.256. The molecule has 2 N–H and O–H groups in total. The van der Waals surface area contributed by atoms with Gasteiger partial charge < -0.3 is 18.8 Å². The largest absolute Gasteiger partial charge is 0.415 e. The third-order valence-electron chi connectivity index (χ3n) is 9.26. The quantitative estimate of drug-likeness (QED) is 0.0509. The van der Waals surface area contributed by atoms with Gasteiger partial charge in [-0.05, 0) is 34.9 Å². The maximum absolute atomic E-state index is 14.7. The highest BCUT2D eigenvalue weighted by Crippen LogP contribution is 2.26. The fourth-order valence-corrected chi connectivity index (χ4v) is 7.33. The lowest BCUT2D eigenvalue weighted by Crippen LogP contribution is -2.34. The number of carbonyl (C=O) groups is 2. The Bertz CT molecular complexity index is 3120. The van der Waals surface area contributed by atoms with Gasteiger partial charge in [0.1, 0.15) is 11.6 Å². The van der Waals surface area contributed by atoms with Crippen LogP contribution in [0.1, 0.15) is 56.7 Å². The Morgan fingerprint density at radius 2 is 1.26 bits per heavy atom. The van der Waals surface area contributed by atoms with Crippen LogP contribution >= 0.6 is 15.9 Å². The monoisotopic (exact) mass is 1080 g/mol. The number of Topliss-reactive ketones (excluding diaryl/α,β-unsaturated/α-hetero) is 1. The molecular formula is C43H40BrF6N9O9S2. The molecular weight excluding hydrogens is 1040 g/mol. The van der Waals surface area contributed by atoms with Gasteiger partial charge in [-0.25, -0.2) is 30.3 Å². The summed E-state index contributed by atoms with van der Waals surface area (Å²) >= 11 is 3.12. The third kappa shape index (κ3) is 16.2. The third-order valence-corrected chi connectivity index (χ3v) is 11.7. The number of ketones is 1. The summed E-state index contributed by atoms with van der Waals surface area (Å²) in [5, 5.41) is 16.3. The standard InChI is InChI=1S/C22H21F3N4O5S.C11H13N3O3S.C10H6BrF3N2O/c1-13-27-21(28-34-13)15-5-3-14(4-6-15)11-29(35(2,32)33)12-17-8-7-16(9-18(17)23)19(30)10-26-22(31)20(24)25;1-8-13-11(14-17-8)10-5-3-9(4-6-10)7-12-18(2,15)16;11-4-6-2-1-5(3-7(6)12)9-15-16-10(17-9)8(13)14/h3-9,20H,10-12H2,1-2H3,(H,26,31);3-6,12H,7H2,1-2H3;1-3,8H,4H2. The Morgan fingerprint density at radius 1 is 0.714 bits per heavy atom. The summed E-state index contributed by atoms with van der Waals surface area (Å²) in [6.07, 6.45) is -3.99. The van der Waals surface area contributed by atoms with Crippen molar-refractivity contribution in [1.82, 2.24) is 44.8 Å². The summed E-state index contributed by atoms with van der Waals surface area (Å²) in [6, 6.07) is 21.6. The van der Waals surface area contributed by atoms with Crippen LogP contribution in [0, 0.1) is 25.5 Å². The van der Waals surface area contributed by atoms with Crippen molar-refractivity contribution in [2.45, 2.75) is 51.7 Å². The first kappa shape index (κ1) is 54.3. The number of aryl methyl sites for hydroxylation is 2. The van der Waals surface area contributed by atoms with Crippen molar-refractivity contribution < 1.29 is 66.2 Å². The van der Waals surface area contributed by atoms with Gasteiger partial charge in [-0.2, -0.15) is 31.8 Å². The van der Waals surface area contributed by atoms with Crippen LogP contribution in [0.2, 0.25) is 0 Å². The number of halogens is 7.